The lowest BCUT2D eigenvalue weighted by atomic mass is 9.95. The van der Waals surface area contributed by atoms with Crippen molar-refractivity contribution in [1.29, 1.82) is 0 Å². The van der Waals surface area contributed by atoms with Crippen molar-refractivity contribution in [3.63, 3.8) is 0 Å². The van der Waals surface area contributed by atoms with E-state index in [1.807, 2.05) is 29.5 Å². The van der Waals surface area contributed by atoms with Gasteiger partial charge in [-0.15, -0.1) is 11.3 Å². The molecule has 0 radical (unpaired) electrons. The van der Waals surface area contributed by atoms with Gasteiger partial charge >= 0.3 is 0 Å². The van der Waals surface area contributed by atoms with E-state index in [0.29, 0.717) is 0 Å². The minimum absolute atomic E-state index is 0.159. The zero-order chi connectivity index (χ0) is 14.5. The molecule has 0 amide bonds. The SMILES string of the molecule is Cc1cccc2nc(-c3ccc(C(C)(C)C)s3)c(N)n12. The van der Waals surface area contributed by atoms with E-state index in [2.05, 4.69) is 37.9 Å². The standard InChI is InChI=1S/C16H19N3S/c1-10-6-5-7-13-18-14(15(17)19(10)13)11-8-9-12(20-11)16(2,3)4/h5-9H,17H2,1-4H3. The number of rotatable bonds is 1. The highest BCUT2D eigenvalue weighted by molar-refractivity contribution is 7.15. The summed E-state index contributed by atoms with van der Waals surface area (Å²) in [5, 5.41) is 0. The Balaban J connectivity index is 2.18. The molecule has 0 aliphatic heterocycles. The summed E-state index contributed by atoms with van der Waals surface area (Å²) in [4.78, 5) is 7.17. The molecule has 104 valence electrons. The van der Waals surface area contributed by atoms with E-state index in [1.165, 1.54) is 4.88 Å². The molecule has 0 bridgehead atoms. The summed E-state index contributed by atoms with van der Waals surface area (Å²) in [6.45, 7) is 8.71. The Morgan fingerprint density at radius 3 is 2.50 bits per heavy atom. The summed E-state index contributed by atoms with van der Waals surface area (Å²) in [5.41, 5.74) is 9.35. The van der Waals surface area contributed by atoms with E-state index in [4.69, 9.17) is 5.73 Å². The van der Waals surface area contributed by atoms with Crippen LogP contribution in [0.25, 0.3) is 16.2 Å². The third-order valence-corrected chi connectivity index (χ3v) is 4.97. The van der Waals surface area contributed by atoms with Crippen molar-refractivity contribution in [2.24, 2.45) is 0 Å². The van der Waals surface area contributed by atoms with Gasteiger partial charge in [-0.3, -0.25) is 4.40 Å². The van der Waals surface area contributed by atoms with Gasteiger partial charge in [0.15, 0.2) is 0 Å². The van der Waals surface area contributed by atoms with Crippen molar-refractivity contribution in [3.8, 4) is 10.6 Å². The van der Waals surface area contributed by atoms with Crippen molar-refractivity contribution >= 4 is 22.8 Å². The second-order valence-electron chi connectivity index (χ2n) is 6.12. The van der Waals surface area contributed by atoms with Crippen molar-refractivity contribution in [2.45, 2.75) is 33.1 Å². The molecule has 2 N–H and O–H groups in total. The van der Waals surface area contributed by atoms with Crippen LogP contribution in [-0.4, -0.2) is 9.38 Å². The van der Waals surface area contributed by atoms with E-state index in [9.17, 15) is 0 Å². The number of nitrogen functional groups attached to an aromatic ring is 1. The smallest absolute Gasteiger partial charge is 0.139 e. The van der Waals surface area contributed by atoms with Gasteiger partial charge in [0.25, 0.3) is 0 Å². The second-order valence-corrected chi connectivity index (χ2v) is 7.20. The molecule has 3 heterocycles. The Kier molecular flexibility index (Phi) is 2.87. The van der Waals surface area contributed by atoms with Crippen molar-refractivity contribution in [3.05, 3.63) is 40.9 Å². The van der Waals surface area contributed by atoms with Crippen molar-refractivity contribution in [1.82, 2.24) is 9.38 Å². The molecule has 0 saturated carbocycles. The normalized spacial score (nSPS) is 12.2. The monoisotopic (exact) mass is 285 g/mol. The Labute approximate surface area is 123 Å². The number of hydrogen-bond acceptors (Lipinski definition) is 3. The zero-order valence-corrected chi connectivity index (χ0v) is 13.1. The van der Waals surface area contributed by atoms with Gasteiger partial charge < -0.3 is 5.73 Å². The van der Waals surface area contributed by atoms with Gasteiger partial charge in [0.05, 0.1) is 4.88 Å². The van der Waals surface area contributed by atoms with Crippen LogP contribution >= 0.6 is 11.3 Å². The summed E-state index contributed by atoms with van der Waals surface area (Å²) in [6.07, 6.45) is 0. The number of aromatic nitrogens is 2. The molecular weight excluding hydrogens is 266 g/mol. The first-order chi connectivity index (χ1) is 9.38. The van der Waals surface area contributed by atoms with Crippen LogP contribution in [0.5, 0.6) is 0 Å². The number of imidazole rings is 1. The predicted molar refractivity (Wildman–Crippen MR) is 86.4 cm³/mol. The van der Waals surface area contributed by atoms with Gasteiger partial charge in [0, 0.05) is 10.6 Å². The van der Waals surface area contributed by atoms with E-state index < -0.39 is 0 Å². The molecule has 0 unspecified atom stereocenters. The summed E-state index contributed by atoms with van der Waals surface area (Å²) in [7, 11) is 0. The Morgan fingerprint density at radius 2 is 1.90 bits per heavy atom. The van der Waals surface area contributed by atoms with Gasteiger partial charge in [0.1, 0.15) is 17.2 Å². The van der Waals surface area contributed by atoms with Crippen LogP contribution in [0.4, 0.5) is 5.82 Å². The van der Waals surface area contributed by atoms with E-state index in [0.717, 1.165) is 27.7 Å². The minimum atomic E-state index is 0.159. The van der Waals surface area contributed by atoms with Gasteiger partial charge in [-0.1, -0.05) is 26.8 Å². The third-order valence-electron chi connectivity index (χ3n) is 3.45. The Bertz CT molecular complexity index is 775. The molecule has 3 nitrogen and oxygen atoms in total. The predicted octanol–water partition coefficient (Wildman–Crippen LogP) is 4.25. The highest BCUT2D eigenvalue weighted by Crippen LogP contribution is 2.37. The van der Waals surface area contributed by atoms with Crippen molar-refractivity contribution in [2.75, 3.05) is 5.73 Å². The first-order valence-corrected chi connectivity index (χ1v) is 7.54. The highest BCUT2D eigenvalue weighted by atomic mass is 32.1. The van der Waals surface area contributed by atoms with Crippen LogP contribution in [0.3, 0.4) is 0 Å². The number of hydrogen-bond donors (Lipinski definition) is 1. The largest absolute Gasteiger partial charge is 0.383 e. The summed E-state index contributed by atoms with van der Waals surface area (Å²) >= 11 is 1.77. The molecule has 0 spiro atoms. The fourth-order valence-corrected chi connectivity index (χ4v) is 3.39. The number of nitrogens with zero attached hydrogens (tertiary/aromatic N) is 2. The van der Waals surface area contributed by atoms with Crippen LogP contribution in [-0.2, 0) is 5.41 Å². The first-order valence-electron chi connectivity index (χ1n) is 6.72. The molecular formula is C16H19N3S. The number of nitrogens with two attached hydrogens (primary N) is 1. The quantitative estimate of drug-likeness (QED) is 0.726. The van der Waals surface area contributed by atoms with Gasteiger partial charge in [-0.25, -0.2) is 4.98 Å². The van der Waals surface area contributed by atoms with Gasteiger partial charge in [0.2, 0.25) is 0 Å². The van der Waals surface area contributed by atoms with E-state index in [-0.39, 0.29) is 5.41 Å². The first kappa shape index (κ1) is 13.2. The maximum Gasteiger partial charge on any atom is 0.139 e. The number of aryl methyl sites for hydroxylation is 1. The molecule has 20 heavy (non-hydrogen) atoms. The Morgan fingerprint density at radius 1 is 1.15 bits per heavy atom. The fourth-order valence-electron chi connectivity index (χ4n) is 2.33. The van der Waals surface area contributed by atoms with Crippen molar-refractivity contribution < 1.29 is 0 Å². The highest BCUT2D eigenvalue weighted by Gasteiger charge is 2.19. The maximum absolute atomic E-state index is 6.30. The summed E-state index contributed by atoms with van der Waals surface area (Å²) < 4.78 is 2.01. The number of thiophene rings is 1. The lowest BCUT2D eigenvalue weighted by Crippen LogP contribution is -2.07. The molecule has 4 heteroatoms. The average Bonchev–Trinajstić information content (AvgIpc) is 2.94. The fraction of sp³-hybridized carbons (Fsp3) is 0.312. The second kappa shape index (κ2) is 4.35. The molecule has 0 aliphatic rings. The number of pyridine rings is 1. The molecule has 0 aromatic carbocycles. The molecule has 0 aliphatic carbocycles. The zero-order valence-electron chi connectivity index (χ0n) is 12.3. The maximum atomic E-state index is 6.30. The topological polar surface area (TPSA) is 43.3 Å². The molecule has 3 aromatic rings. The molecule has 3 aromatic heterocycles. The molecule has 0 atom stereocenters. The summed E-state index contributed by atoms with van der Waals surface area (Å²) in [5.74, 6) is 0.723. The molecule has 3 rings (SSSR count). The van der Waals surface area contributed by atoms with Crippen LogP contribution in [0.1, 0.15) is 31.3 Å². The van der Waals surface area contributed by atoms with Crippen LogP contribution in [0.15, 0.2) is 30.3 Å². The van der Waals surface area contributed by atoms with Crippen LogP contribution in [0, 0.1) is 6.92 Å². The molecule has 0 fully saturated rings. The minimum Gasteiger partial charge on any atom is -0.383 e. The number of anilines is 1. The third kappa shape index (κ3) is 2.00. The van der Waals surface area contributed by atoms with Gasteiger partial charge in [-0.2, -0.15) is 0 Å². The lowest BCUT2D eigenvalue weighted by molar-refractivity contribution is 0.604. The lowest BCUT2D eigenvalue weighted by Gasteiger charge is -2.15. The van der Waals surface area contributed by atoms with Gasteiger partial charge in [-0.05, 0) is 36.6 Å². The van der Waals surface area contributed by atoms with Crippen LogP contribution in [0.2, 0.25) is 0 Å². The number of fused-ring (bicyclic) bond motifs is 1. The van der Waals surface area contributed by atoms with E-state index in [1.54, 1.807) is 11.3 Å². The summed E-state index contributed by atoms with van der Waals surface area (Å²) in [6, 6.07) is 10.3. The van der Waals surface area contributed by atoms with E-state index >= 15 is 0 Å². The Hall–Kier alpha value is -1.81. The molecule has 0 saturated heterocycles. The average molecular weight is 285 g/mol. The van der Waals surface area contributed by atoms with Crippen LogP contribution < -0.4 is 5.73 Å².